The van der Waals surface area contributed by atoms with Crippen LogP contribution >= 0.6 is 0 Å². The molecular formula is C20H17N7O4. The Morgan fingerprint density at radius 2 is 1.97 bits per heavy atom. The lowest BCUT2D eigenvalue weighted by Crippen LogP contribution is -2.41. The summed E-state index contributed by atoms with van der Waals surface area (Å²) in [6, 6.07) is 10.2. The molecular weight excluding hydrogens is 402 g/mol. The highest BCUT2D eigenvalue weighted by atomic mass is 16.5. The number of hydrogen-bond acceptors (Lipinski definition) is 8. The van der Waals surface area contributed by atoms with Crippen LogP contribution in [0, 0.1) is 0 Å². The SMILES string of the molecule is COc1ccc(C(C)(C(=O)O)n2ncc3c2nc(N)n2nc(-c4ccco4)nc32)cc1. The van der Waals surface area contributed by atoms with Gasteiger partial charge < -0.3 is 20.0 Å². The van der Waals surface area contributed by atoms with Crippen LogP contribution in [-0.4, -0.2) is 47.5 Å². The molecule has 1 aromatic carbocycles. The lowest BCUT2D eigenvalue weighted by Gasteiger charge is -2.26. The summed E-state index contributed by atoms with van der Waals surface area (Å²) in [5.41, 5.74) is 5.72. The van der Waals surface area contributed by atoms with E-state index in [1.165, 1.54) is 21.7 Å². The van der Waals surface area contributed by atoms with Gasteiger partial charge in [0.1, 0.15) is 5.75 Å². The Morgan fingerprint density at radius 1 is 1.19 bits per heavy atom. The Hall–Kier alpha value is -4.41. The molecule has 0 aliphatic heterocycles. The van der Waals surface area contributed by atoms with Crippen molar-refractivity contribution in [3.05, 3.63) is 54.4 Å². The zero-order chi connectivity index (χ0) is 21.8. The molecule has 0 saturated carbocycles. The maximum absolute atomic E-state index is 12.4. The second-order valence-electron chi connectivity index (χ2n) is 7.02. The summed E-state index contributed by atoms with van der Waals surface area (Å²) in [4.78, 5) is 21.3. The van der Waals surface area contributed by atoms with Gasteiger partial charge in [0.2, 0.25) is 11.8 Å². The average Bonchev–Trinajstić information content (AvgIpc) is 3.51. The number of fused-ring (bicyclic) bond motifs is 3. The second kappa shape index (κ2) is 6.55. The van der Waals surface area contributed by atoms with Gasteiger partial charge in [0, 0.05) is 0 Å². The minimum Gasteiger partial charge on any atom is -0.497 e. The number of ether oxygens (including phenoxy) is 1. The van der Waals surface area contributed by atoms with Crippen molar-refractivity contribution in [3.8, 4) is 17.3 Å². The Bertz CT molecular complexity index is 1420. The first kappa shape index (κ1) is 18.6. The first-order valence-electron chi connectivity index (χ1n) is 9.25. The van der Waals surface area contributed by atoms with E-state index in [1.807, 2.05) is 0 Å². The normalized spacial score (nSPS) is 13.5. The van der Waals surface area contributed by atoms with Crippen LogP contribution in [0.4, 0.5) is 5.95 Å². The molecule has 5 aromatic rings. The molecule has 5 rings (SSSR count). The summed E-state index contributed by atoms with van der Waals surface area (Å²) in [6.45, 7) is 1.55. The molecule has 0 radical (unpaired) electrons. The second-order valence-corrected chi connectivity index (χ2v) is 7.02. The number of aliphatic carboxylic acids is 1. The highest BCUT2D eigenvalue weighted by Crippen LogP contribution is 2.32. The molecule has 3 N–H and O–H groups in total. The van der Waals surface area contributed by atoms with E-state index in [2.05, 4.69) is 20.2 Å². The van der Waals surface area contributed by atoms with Gasteiger partial charge in [-0.2, -0.15) is 14.6 Å². The fourth-order valence-electron chi connectivity index (χ4n) is 3.50. The molecule has 4 heterocycles. The van der Waals surface area contributed by atoms with E-state index in [0.717, 1.165) is 0 Å². The largest absolute Gasteiger partial charge is 0.497 e. The predicted molar refractivity (Wildman–Crippen MR) is 110 cm³/mol. The molecule has 0 fully saturated rings. The van der Waals surface area contributed by atoms with Gasteiger partial charge in [0.05, 0.1) is 25.0 Å². The molecule has 156 valence electrons. The summed E-state index contributed by atoms with van der Waals surface area (Å²) in [7, 11) is 1.54. The number of carboxylic acids is 1. The van der Waals surface area contributed by atoms with Gasteiger partial charge >= 0.3 is 5.97 Å². The Labute approximate surface area is 174 Å². The van der Waals surface area contributed by atoms with Crippen molar-refractivity contribution < 1.29 is 19.1 Å². The van der Waals surface area contributed by atoms with Crippen molar-refractivity contribution in [1.82, 2.24) is 29.4 Å². The Morgan fingerprint density at radius 3 is 2.61 bits per heavy atom. The van der Waals surface area contributed by atoms with Crippen LogP contribution in [0.25, 0.3) is 28.3 Å². The van der Waals surface area contributed by atoms with Gasteiger partial charge in [-0.25, -0.2) is 14.5 Å². The van der Waals surface area contributed by atoms with Gasteiger partial charge in [0.15, 0.2) is 22.6 Å². The minimum atomic E-state index is -1.56. The number of benzene rings is 1. The summed E-state index contributed by atoms with van der Waals surface area (Å²) in [6.07, 6.45) is 3.02. The maximum atomic E-state index is 12.4. The van der Waals surface area contributed by atoms with Crippen LogP contribution in [0.1, 0.15) is 12.5 Å². The van der Waals surface area contributed by atoms with E-state index < -0.39 is 11.5 Å². The van der Waals surface area contributed by atoms with E-state index in [9.17, 15) is 9.90 Å². The number of anilines is 1. The van der Waals surface area contributed by atoms with Crippen molar-refractivity contribution in [1.29, 1.82) is 0 Å². The minimum absolute atomic E-state index is 0.0389. The summed E-state index contributed by atoms with van der Waals surface area (Å²) < 4.78 is 13.2. The molecule has 0 amide bonds. The predicted octanol–water partition coefficient (Wildman–Crippen LogP) is 2.17. The van der Waals surface area contributed by atoms with E-state index in [-0.39, 0.29) is 11.6 Å². The van der Waals surface area contributed by atoms with Crippen molar-refractivity contribution >= 4 is 28.6 Å². The number of carbonyl (C=O) groups is 1. The van der Waals surface area contributed by atoms with Crippen LogP contribution in [0.3, 0.4) is 0 Å². The van der Waals surface area contributed by atoms with E-state index in [1.54, 1.807) is 50.4 Å². The summed E-state index contributed by atoms with van der Waals surface area (Å²) in [5.74, 6) is 0.338. The van der Waals surface area contributed by atoms with Gasteiger partial charge in [0.25, 0.3) is 0 Å². The third kappa shape index (κ3) is 2.63. The molecule has 11 nitrogen and oxygen atoms in total. The van der Waals surface area contributed by atoms with Crippen LogP contribution in [0.5, 0.6) is 5.75 Å². The van der Waals surface area contributed by atoms with Crippen LogP contribution in [0.2, 0.25) is 0 Å². The molecule has 0 aliphatic carbocycles. The first-order valence-corrected chi connectivity index (χ1v) is 9.25. The smallest absolute Gasteiger partial charge is 0.336 e. The zero-order valence-electron chi connectivity index (χ0n) is 16.6. The average molecular weight is 419 g/mol. The molecule has 0 spiro atoms. The van der Waals surface area contributed by atoms with Gasteiger partial charge in [-0.05, 0) is 36.8 Å². The Balaban J connectivity index is 1.74. The standard InChI is InChI=1S/C20H17N7O4/c1-20(18(28)29,11-5-7-12(30-2)8-6-11)27-17-13(10-22-27)16-23-15(14-4-3-9-31-14)25-26(16)19(21)24-17/h3-10H,1-2H3,(H2,21,24)(H,28,29). The van der Waals surface area contributed by atoms with E-state index in [4.69, 9.17) is 14.9 Å². The van der Waals surface area contributed by atoms with Gasteiger partial charge in [-0.3, -0.25) is 0 Å². The Kier molecular flexibility index (Phi) is 3.93. The lowest BCUT2D eigenvalue weighted by atomic mass is 9.92. The number of nitrogens with two attached hydrogens (primary N) is 1. The molecule has 4 aromatic heterocycles. The van der Waals surface area contributed by atoms with Crippen molar-refractivity contribution in [2.45, 2.75) is 12.5 Å². The number of carboxylic acid groups (broad SMARTS) is 1. The number of rotatable bonds is 5. The first-order chi connectivity index (χ1) is 14.9. The van der Waals surface area contributed by atoms with E-state index >= 15 is 0 Å². The number of nitrogens with zero attached hydrogens (tertiary/aromatic N) is 6. The number of methoxy groups -OCH3 is 1. The quantitative estimate of drug-likeness (QED) is 0.437. The number of hydrogen-bond donors (Lipinski definition) is 2. The number of aromatic nitrogens is 6. The molecule has 1 unspecified atom stereocenters. The van der Waals surface area contributed by atoms with Crippen molar-refractivity contribution in [2.75, 3.05) is 12.8 Å². The monoisotopic (exact) mass is 419 g/mol. The molecule has 0 aliphatic rings. The summed E-state index contributed by atoms with van der Waals surface area (Å²) in [5, 5.41) is 19.4. The highest BCUT2D eigenvalue weighted by Gasteiger charge is 2.40. The van der Waals surface area contributed by atoms with Gasteiger partial charge in [-0.15, -0.1) is 5.10 Å². The van der Waals surface area contributed by atoms with Crippen LogP contribution in [-0.2, 0) is 10.3 Å². The third-order valence-electron chi connectivity index (χ3n) is 5.26. The molecule has 1 atom stereocenters. The maximum Gasteiger partial charge on any atom is 0.336 e. The van der Waals surface area contributed by atoms with E-state index in [0.29, 0.717) is 33.9 Å². The van der Waals surface area contributed by atoms with Crippen LogP contribution in [0.15, 0.2) is 53.3 Å². The number of nitrogen functional groups attached to an aromatic ring is 1. The fourth-order valence-corrected chi connectivity index (χ4v) is 3.50. The highest BCUT2D eigenvalue weighted by molar-refractivity contribution is 5.92. The molecule has 31 heavy (non-hydrogen) atoms. The van der Waals surface area contributed by atoms with Crippen molar-refractivity contribution in [2.24, 2.45) is 0 Å². The number of furan rings is 1. The summed E-state index contributed by atoms with van der Waals surface area (Å²) >= 11 is 0. The van der Waals surface area contributed by atoms with Crippen molar-refractivity contribution in [3.63, 3.8) is 0 Å². The van der Waals surface area contributed by atoms with Gasteiger partial charge in [-0.1, -0.05) is 12.1 Å². The van der Waals surface area contributed by atoms with Crippen LogP contribution < -0.4 is 10.5 Å². The topological polar surface area (TPSA) is 147 Å². The fraction of sp³-hybridized carbons (Fsp3) is 0.150. The lowest BCUT2D eigenvalue weighted by molar-refractivity contribution is -0.144. The molecule has 0 bridgehead atoms. The third-order valence-corrected chi connectivity index (χ3v) is 5.26. The zero-order valence-corrected chi connectivity index (χ0v) is 16.6. The molecule has 0 saturated heterocycles. The molecule has 11 heteroatoms.